The lowest BCUT2D eigenvalue weighted by Gasteiger charge is -2.23. The monoisotopic (exact) mass is 519 g/mol. The number of nitrogens with zero attached hydrogens (tertiary/aromatic N) is 4. The van der Waals surface area contributed by atoms with Gasteiger partial charge in [-0.1, -0.05) is 24.3 Å². The highest BCUT2D eigenvalue weighted by atomic mass is 19.1. The molecule has 38 heavy (non-hydrogen) atoms. The van der Waals surface area contributed by atoms with Gasteiger partial charge in [0.15, 0.2) is 17.1 Å². The first-order chi connectivity index (χ1) is 18.4. The minimum Gasteiger partial charge on any atom is -0.437 e. The van der Waals surface area contributed by atoms with Crippen molar-refractivity contribution >= 4 is 28.9 Å². The minimum atomic E-state index is -1.94. The van der Waals surface area contributed by atoms with Crippen molar-refractivity contribution in [2.75, 3.05) is 36.4 Å². The molecule has 1 saturated carbocycles. The minimum absolute atomic E-state index is 0.0213. The third-order valence-corrected chi connectivity index (χ3v) is 7.15. The molecule has 1 unspecified atom stereocenters. The second kappa shape index (κ2) is 10.9. The normalized spacial score (nSPS) is 19.4. The number of rotatable bonds is 8. The Morgan fingerprint density at radius 2 is 2.08 bits per heavy atom. The van der Waals surface area contributed by atoms with Crippen LogP contribution in [0.15, 0.2) is 53.6 Å². The van der Waals surface area contributed by atoms with E-state index in [1.54, 1.807) is 12.3 Å². The van der Waals surface area contributed by atoms with E-state index in [1.165, 1.54) is 13.0 Å². The summed E-state index contributed by atoms with van der Waals surface area (Å²) in [6.07, 6.45) is 13.5. The molecule has 2 amide bonds. The van der Waals surface area contributed by atoms with Crippen molar-refractivity contribution in [1.29, 1.82) is 0 Å². The van der Waals surface area contributed by atoms with Crippen LogP contribution >= 0.6 is 0 Å². The number of pyridine rings is 1. The topological polar surface area (TPSA) is 91.6 Å². The summed E-state index contributed by atoms with van der Waals surface area (Å²) in [6, 6.07) is 3.61. The number of aromatic nitrogens is 2. The van der Waals surface area contributed by atoms with Gasteiger partial charge in [-0.25, -0.2) is 14.4 Å². The van der Waals surface area contributed by atoms with Crippen LogP contribution in [-0.2, 0) is 10.5 Å². The number of allylic oxidation sites excluding steroid dienone is 5. The molecule has 9 heteroatoms. The van der Waals surface area contributed by atoms with Gasteiger partial charge in [-0.2, -0.15) is 0 Å². The first kappa shape index (κ1) is 25.9. The Morgan fingerprint density at radius 1 is 1.24 bits per heavy atom. The average Bonchev–Trinajstić information content (AvgIpc) is 3.71. The van der Waals surface area contributed by atoms with Crippen molar-refractivity contribution in [2.24, 2.45) is 5.92 Å². The fourth-order valence-corrected chi connectivity index (χ4v) is 4.88. The van der Waals surface area contributed by atoms with Crippen LogP contribution in [0.5, 0.6) is 0 Å². The van der Waals surface area contributed by atoms with Crippen LogP contribution in [0, 0.1) is 5.92 Å². The maximum absolute atomic E-state index is 15.5. The zero-order chi connectivity index (χ0) is 26.7. The van der Waals surface area contributed by atoms with Gasteiger partial charge in [0.05, 0.1) is 11.9 Å². The fraction of sp³-hybridized carbons (Fsp3) is 0.448. The highest BCUT2D eigenvalue weighted by Crippen LogP contribution is 2.36. The predicted octanol–water partition coefficient (Wildman–Crippen LogP) is 5.26. The van der Waals surface area contributed by atoms with Crippen LogP contribution in [0.4, 0.5) is 15.9 Å². The summed E-state index contributed by atoms with van der Waals surface area (Å²) < 4.78 is 21.3. The van der Waals surface area contributed by atoms with Gasteiger partial charge in [-0.15, -0.1) is 6.58 Å². The zero-order valence-corrected chi connectivity index (χ0v) is 21.8. The van der Waals surface area contributed by atoms with Crippen molar-refractivity contribution in [1.82, 2.24) is 14.9 Å². The zero-order valence-electron chi connectivity index (χ0n) is 21.8. The highest BCUT2D eigenvalue weighted by molar-refractivity contribution is 6.04. The number of hydrogen-bond acceptors (Lipinski definition) is 6. The van der Waals surface area contributed by atoms with Crippen molar-refractivity contribution in [3.63, 3.8) is 0 Å². The lowest BCUT2D eigenvalue weighted by Crippen LogP contribution is -2.36. The Balaban J connectivity index is 1.29. The maximum Gasteiger partial charge on any atom is 0.278 e. The van der Waals surface area contributed by atoms with Gasteiger partial charge in [0.2, 0.25) is 11.8 Å². The number of amides is 2. The number of halogens is 1. The molecule has 0 radical (unpaired) electrons. The summed E-state index contributed by atoms with van der Waals surface area (Å²) in [7, 11) is 0. The van der Waals surface area contributed by atoms with Gasteiger partial charge < -0.3 is 19.5 Å². The lowest BCUT2D eigenvalue weighted by atomic mass is 9.99. The molecule has 5 rings (SSSR count). The van der Waals surface area contributed by atoms with E-state index >= 15 is 4.39 Å². The molecular formula is C29H34FN5O3. The Bertz CT molecular complexity index is 1260. The number of oxazole rings is 1. The molecule has 1 saturated heterocycles. The number of nitrogens with one attached hydrogen (secondary N) is 1. The molecule has 1 atom stereocenters. The molecule has 200 valence electrons. The molecule has 2 aromatic heterocycles. The Morgan fingerprint density at radius 3 is 2.76 bits per heavy atom. The molecule has 3 aliphatic rings. The van der Waals surface area contributed by atoms with Crippen LogP contribution in [-0.4, -0.2) is 52.9 Å². The molecule has 8 nitrogen and oxygen atoms in total. The van der Waals surface area contributed by atoms with Gasteiger partial charge >= 0.3 is 0 Å². The third-order valence-electron chi connectivity index (χ3n) is 7.15. The van der Waals surface area contributed by atoms with Crippen LogP contribution in [0.2, 0.25) is 0 Å². The van der Waals surface area contributed by atoms with Gasteiger partial charge in [0.25, 0.3) is 5.91 Å². The molecule has 0 spiro atoms. The van der Waals surface area contributed by atoms with Crippen molar-refractivity contribution in [3.8, 4) is 0 Å². The number of carbonyl (C=O) groups excluding carboxylic acids is 2. The van der Waals surface area contributed by atoms with Gasteiger partial charge in [-0.05, 0) is 51.2 Å². The summed E-state index contributed by atoms with van der Waals surface area (Å²) in [5.74, 6) is 0.823. The fourth-order valence-electron chi connectivity index (χ4n) is 4.88. The van der Waals surface area contributed by atoms with Crippen LogP contribution < -0.4 is 10.2 Å². The van der Waals surface area contributed by atoms with Gasteiger partial charge in [-0.3, -0.25) is 9.59 Å². The van der Waals surface area contributed by atoms with E-state index < -0.39 is 11.6 Å². The molecule has 3 heterocycles. The SMILES string of the molecule is C=CCC(C)(F)c1oc(C2=CCCC=C2)nc1C(=O)Nc1ccc(N2CCCN(C(=O)C3CC3)CC2)nc1. The second-order valence-corrected chi connectivity index (χ2v) is 10.3. The third kappa shape index (κ3) is 5.71. The summed E-state index contributed by atoms with van der Waals surface area (Å²) in [5.41, 5.74) is -0.839. The van der Waals surface area contributed by atoms with E-state index in [2.05, 4.69) is 26.8 Å². The van der Waals surface area contributed by atoms with Crippen LogP contribution in [0.1, 0.15) is 67.6 Å². The molecule has 0 aromatic carbocycles. The Labute approximate surface area is 222 Å². The second-order valence-electron chi connectivity index (χ2n) is 10.3. The first-order valence-corrected chi connectivity index (χ1v) is 13.3. The molecule has 2 aliphatic carbocycles. The smallest absolute Gasteiger partial charge is 0.278 e. The largest absolute Gasteiger partial charge is 0.437 e. The lowest BCUT2D eigenvalue weighted by molar-refractivity contribution is -0.132. The van der Waals surface area contributed by atoms with E-state index in [9.17, 15) is 9.59 Å². The molecule has 1 N–H and O–H groups in total. The van der Waals surface area contributed by atoms with E-state index in [0.29, 0.717) is 18.8 Å². The molecular weight excluding hydrogens is 485 g/mol. The quantitative estimate of drug-likeness (QED) is 0.478. The summed E-state index contributed by atoms with van der Waals surface area (Å²) in [6.45, 7) is 7.97. The highest BCUT2D eigenvalue weighted by Gasteiger charge is 2.37. The number of anilines is 2. The Hall–Kier alpha value is -3.75. The van der Waals surface area contributed by atoms with Gasteiger partial charge in [0, 0.05) is 44.1 Å². The van der Waals surface area contributed by atoms with Crippen molar-refractivity contribution in [2.45, 2.75) is 51.1 Å². The van der Waals surface area contributed by atoms with E-state index in [1.807, 2.05) is 29.2 Å². The van der Waals surface area contributed by atoms with E-state index in [-0.39, 0.29) is 35.6 Å². The van der Waals surface area contributed by atoms with Crippen molar-refractivity contribution < 1.29 is 18.4 Å². The first-order valence-electron chi connectivity index (χ1n) is 13.3. The molecule has 1 aliphatic heterocycles. The standard InChI is InChI=1S/C29H34FN5O3/c1-3-14-29(2,30)25-24(33-27(38-25)20-8-5-4-6-9-20)26(36)32-22-12-13-23(31-19-22)34-15-7-16-35(18-17-34)28(37)21-10-11-21/h3,5,8-9,12-13,19,21H,1,4,6-7,10-11,14-18H2,2H3,(H,32,36). The Kier molecular flexibility index (Phi) is 7.44. The van der Waals surface area contributed by atoms with Crippen molar-refractivity contribution in [3.05, 3.63) is 66.6 Å². The summed E-state index contributed by atoms with van der Waals surface area (Å²) in [4.78, 5) is 38.7. The van der Waals surface area contributed by atoms with Crippen LogP contribution in [0.25, 0.3) is 5.57 Å². The van der Waals surface area contributed by atoms with E-state index in [0.717, 1.165) is 56.6 Å². The molecule has 0 bridgehead atoms. The molecule has 2 fully saturated rings. The van der Waals surface area contributed by atoms with Gasteiger partial charge in [0.1, 0.15) is 5.82 Å². The summed E-state index contributed by atoms with van der Waals surface area (Å²) in [5, 5.41) is 2.79. The predicted molar refractivity (Wildman–Crippen MR) is 144 cm³/mol. The average molecular weight is 520 g/mol. The van der Waals surface area contributed by atoms with E-state index in [4.69, 9.17) is 4.42 Å². The summed E-state index contributed by atoms with van der Waals surface area (Å²) >= 11 is 0. The number of carbonyl (C=O) groups is 2. The number of alkyl halides is 1. The maximum atomic E-state index is 15.5. The number of hydrogen-bond donors (Lipinski definition) is 1. The molecule has 2 aromatic rings. The van der Waals surface area contributed by atoms with Crippen LogP contribution in [0.3, 0.4) is 0 Å².